The summed E-state index contributed by atoms with van der Waals surface area (Å²) in [5.74, 6) is -0.296. The standard InChI is InChI=1S/C20H24N6O2/c1-13(18-11-21-19-8-9-22-26(19)14(18)2)25(4)12-20(28)24-17-7-5-6-16(10-17)23-15(3)27/h5-11,13H,12H2,1-4H3,(H,23,27)(H,24,28)/t13-/m1/s1. The Morgan fingerprint density at radius 1 is 1.21 bits per heavy atom. The third-order valence-electron chi connectivity index (χ3n) is 4.67. The molecule has 3 aromatic rings. The van der Waals surface area contributed by atoms with E-state index in [0.29, 0.717) is 11.4 Å². The van der Waals surface area contributed by atoms with E-state index in [1.54, 1.807) is 35.0 Å². The third kappa shape index (κ3) is 4.34. The molecule has 2 heterocycles. The molecule has 0 aliphatic heterocycles. The average molecular weight is 380 g/mol. The molecule has 2 amide bonds. The molecular formula is C20H24N6O2. The smallest absolute Gasteiger partial charge is 0.238 e. The maximum atomic E-state index is 12.5. The van der Waals surface area contributed by atoms with E-state index in [-0.39, 0.29) is 24.4 Å². The highest BCUT2D eigenvalue weighted by atomic mass is 16.2. The monoisotopic (exact) mass is 380 g/mol. The van der Waals surface area contributed by atoms with Crippen molar-refractivity contribution in [2.45, 2.75) is 26.8 Å². The molecule has 3 rings (SSSR count). The van der Waals surface area contributed by atoms with Gasteiger partial charge in [-0.1, -0.05) is 6.07 Å². The second kappa shape index (κ2) is 8.18. The maximum Gasteiger partial charge on any atom is 0.238 e. The summed E-state index contributed by atoms with van der Waals surface area (Å²) >= 11 is 0. The molecule has 0 spiro atoms. The number of carbonyl (C=O) groups excluding carboxylic acids is 2. The predicted molar refractivity (Wildman–Crippen MR) is 108 cm³/mol. The van der Waals surface area contributed by atoms with Crippen LogP contribution in [0.15, 0.2) is 42.7 Å². The Labute approximate surface area is 163 Å². The Hall–Kier alpha value is -3.26. The quantitative estimate of drug-likeness (QED) is 0.686. The van der Waals surface area contributed by atoms with E-state index in [0.717, 1.165) is 16.9 Å². The Kier molecular flexibility index (Phi) is 5.70. The number of carbonyl (C=O) groups is 2. The number of hydrogen-bond acceptors (Lipinski definition) is 5. The van der Waals surface area contributed by atoms with Crippen molar-refractivity contribution in [1.29, 1.82) is 0 Å². The molecule has 1 atom stereocenters. The van der Waals surface area contributed by atoms with Crippen LogP contribution in [0.5, 0.6) is 0 Å². The molecule has 0 unspecified atom stereocenters. The highest BCUT2D eigenvalue weighted by Crippen LogP contribution is 2.22. The zero-order valence-corrected chi connectivity index (χ0v) is 16.4. The van der Waals surface area contributed by atoms with Gasteiger partial charge in [-0.15, -0.1) is 0 Å². The zero-order chi connectivity index (χ0) is 20.3. The molecule has 0 radical (unpaired) electrons. The highest BCUT2D eigenvalue weighted by molar-refractivity contribution is 5.94. The Balaban J connectivity index is 1.66. The lowest BCUT2D eigenvalue weighted by molar-refractivity contribution is -0.117. The normalized spacial score (nSPS) is 12.2. The number of fused-ring (bicyclic) bond motifs is 1. The van der Waals surface area contributed by atoms with Gasteiger partial charge >= 0.3 is 0 Å². The maximum absolute atomic E-state index is 12.5. The number of hydrogen-bond donors (Lipinski definition) is 2. The van der Waals surface area contributed by atoms with Crippen LogP contribution in [0.2, 0.25) is 0 Å². The molecule has 1 aromatic carbocycles. The Morgan fingerprint density at radius 2 is 1.93 bits per heavy atom. The van der Waals surface area contributed by atoms with E-state index in [1.165, 1.54) is 6.92 Å². The summed E-state index contributed by atoms with van der Waals surface area (Å²) in [5, 5.41) is 9.86. The molecule has 8 heteroatoms. The number of rotatable bonds is 6. The van der Waals surface area contributed by atoms with Crippen LogP contribution in [0, 0.1) is 6.92 Å². The first-order valence-electron chi connectivity index (χ1n) is 9.02. The second-order valence-corrected chi connectivity index (χ2v) is 6.80. The zero-order valence-electron chi connectivity index (χ0n) is 16.4. The van der Waals surface area contributed by atoms with Gasteiger partial charge in [0.15, 0.2) is 5.65 Å². The van der Waals surface area contributed by atoms with E-state index in [9.17, 15) is 9.59 Å². The lowest BCUT2D eigenvalue weighted by atomic mass is 10.1. The van der Waals surface area contributed by atoms with Crippen molar-refractivity contribution in [2.75, 3.05) is 24.2 Å². The number of nitrogens with zero attached hydrogens (tertiary/aromatic N) is 4. The summed E-state index contributed by atoms with van der Waals surface area (Å²) in [5.41, 5.74) is 4.08. The number of aryl methyl sites for hydroxylation is 1. The van der Waals surface area contributed by atoms with Crippen LogP contribution in [0.1, 0.15) is 31.1 Å². The summed E-state index contributed by atoms with van der Waals surface area (Å²) in [6.45, 7) is 5.68. The molecule has 2 N–H and O–H groups in total. The summed E-state index contributed by atoms with van der Waals surface area (Å²) in [7, 11) is 1.89. The number of amides is 2. The molecule has 0 saturated heterocycles. The van der Waals surface area contributed by atoms with Crippen LogP contribution >= 0.6 is 0 Å². The minimum Gasteiger partial charge on any atom is -0.326 e. The van der Waals surface area contributed by atoms with Crippen LogP contribution in [-0.2, 0) is 9.59 Å². The van der Waals surface area contributed by atoms with Crippen molar-refractivity contribution in [3.8, 4) is 0 Å². The van der Waals surface area contributed by atoms with Gasteiger partial charge in [0.2, 0.25) is 11.8 Å². The van der Waals surface area contributed by atoms with Crippen LogP contribution in [0.25, 0.3) is 5.65 Å². The number of benzene rings is 1. The first-order chi connectivity index (χ1) is 13.3. The highest BCUT2D eigenvalue weighted by Gasteiger charge is 2.19. The molecule has 8 nitrogen and oxygen atoms in total. The Bertz CT molecular complexity index is 1010. The first-order valence-corrected chi connectivity index (χ1v) is 9.02. The number of anilines is 2. The van der Waals surface area contributed by atoms with E-state index in [4.69, 9.17) is 0 Å². The Morgan fingerprint density at radius 3 is 2.64 bits per heavy atom. The summed E-state index contributed by atoms with van der Waals surface area (Å²) in [4.78, 5) is 30.0. The molecule has 0 saturated carbocycles. The molecule has 0 bridgehead atoms. The topological polar surface area (TPSA) is 91.6 Å². The molecular weight excluding hydrogens is 356 g/mol. The lowest BCUT2D eigenvalue weighted by Gasteiger charge is -2.25. The fourth-order valence-corrected chi connectivity index (χ4v) is 3.09. The van der Waals surface area contributed by atoms with Crippen molar-refractivity contribution < 1.29 is 9.59 Å². The molecule has 0 aliphatic rings. The molecule has 28 heavy (non-hydrogen) atoms. The summed E-state index contributed by atoms with van der Waals surface area (Å²) in [6.07, 6.45) is 3.55. The number of nitrogens with one attached hydrogen (secondary N) is 2. The van der Waals surface area contributed by atoms with Crippen LogP contribution in [0.4, 0.5) is 11.4 Å². The molecule has 0 aliphatic carbocycles. The predicted octanol–water partition coefficient (Wildman–Crippen LogP) is 2.63. The van der Waals surface area contributed by atoms with Crippen molar-refractivity contribution >= 4 is 28.8 Å². The minimum absolute atomic E-state index is 0.0161. The van der Waals surface area contributed by atoms with Gasteiger partial charge in [0, 0.05) is 47.9 Å². The lowest BCUT2D eigenvalue weighted by Crippen LogP contribution is -2.32. The van der Waals surface area contributed by atoms with Crippen LogP contribution in [0.3, 0.4) is 0 Å². The van der Waals surface area contributed by atoms with E-state index in [2.05, 4.69) is 20.7 Å². The van der Waals surface area contributed by atoms with Crippen molar-refractivity contribution in [2.24, 2.45) is 0 Å². The minimum atomic E-state index is -0.157. The fourth-order valence-electron chi connectivity index (χ4n) is 3.09. The number of aromatic nitrogens is 3. The summed E-state index contributed by atoms with van der Waals surface area (Å²) < 4.78 is 1.80. The third-order valence-corrected chi connectivity index (χ3v) is 4.67. The van der Waals surface area contributed by atoms with Crippen molar-refractivity contribution in [3.63, 3.8) is 0 Å². The van der Waals surface area contributed by atoms with Gasteiger partial charge in [-0.2, -0.15) is 5.10 Å². The van der Waals surface area contributed by atoms with Crippen LogP contribution in [-0.4, -0.2) is 44.9 Å². The molecule has 0 fully saturated rings. The van der Waals surface area contributed by atoms with E-state index in [1.807, 2.05) is 38.1 Å². The molecule has 146 valence electrons. The van der Waals surface area contributed by atoms with Gasteiger partial charge in [0.1, 0.15) is 0 Å². The first kappa shape index (κ1) is 19.5. The van der Waals surface area contributed by atoms with Crippen molar-refractivity contribution in [3.05, 3.63) is 54.0 Å². The van der Waals surface area contributed by atoms with Gasteiger partial charge in [0.05, 0.1) is 12.7 Å². The SMILES string of the molecule is CC(=O)Nc1cccc(NC(=O)CN(C)[C@H](C)c2cnc3ccnn3c2C)c1. The van der Waals surface area contributed by atoms with Gasteiger partial charge in [0.25, 0.3) is 0 Å². The van der Waals surface area contributed by atoms with E-state index < -0.39 is 0 Å². The fraction of sp³-hybridized carbons (Fsp3) is 0.300. The van der Waals surface area contributed by atoms with Gasteiger partial charge in [-0.25, -0.2) is 9.50 Å². The second-order valence-electron chi connectivity index (χ2n) is 6.80. The van der Waals surface area contributed by atoms with Gasteiger partial charge < -0.3 is 10.6 Å². The van der Waals surface area contributed by atoms with E-state index >= 15 is 0 Å². The van der Waals surface area contributed by atoms with Gasteiger partial charge in [-0.3, -0.25) is 14.5 Å². The van der Waals surface area contributed by atoms with Gasteiger partial charge in [-0.05, 0) is 39.1 Å². The van der Waals surface area contributed by atoms with Crippen LogP contribution < -0.4 is 10.6 Å². The molecule has 2 aromatic heterocycles. The number of likely N-dealkylation sites (N-methyl/N-ethyl adjacent to an activating group) is 1. The largest absolute Gasteiger partial charge is 0.326 e. The average Bonchev–Trinajstić information content (AvgIpc) is 3.10. The van der Waals surface area contributed by atoms with Crippen molar-refractivity contribution in [1.82, 2.24) is 19.5 Å². The summed E-state index contributed by atoms with van der Waals surface area (Å²) in [6, 6.07) is 8.90.